The fraction of sp³-hybridized carbons (Fsp3) is 0.0556. The van der Waals surface area contributed by atoms with Crippen molar-refractivity contribution in [3.8, 4) is 17.0 Å². The predicted molar refractivity (Wildman–Crippen MR) is 88.4 cm³/mol. The van der Waals surface area contributed by atoms with Gasteiger partial charge < -0.3 is 10.8 Å². The van der Waals surface area contributed by atoms with Crippen molar-refractivity contribution in [1.29, 1.82) is 0 Å². The smallest absolute Gasteiger partial charge is 0.416 e. The second kappa shape index (κ2) is 6.67. The van der Waals surface area contributed by atoms with Gasteiger partial charge in [0.25, 0.3) is 0 Å². The number of halogens is 4. The van der Waals surface area contributed by atoms with Crippen LogP contribution in [0.25, 0.3) is 11.3 Å². The van der Waals surface area contributed by atoms with Crippen molar-refractivity contribution in [2.75, 3.05) is 5.73 Å². The first-order valence-electron chi connectivity index (χ1n) is 7.50. The Kier molecular flexibility index (Phi) is 4.52. The molecular formula is C18H11F4N3O2. The van der Waals surface area contributed by atoms with Gasteiger partial charge in [0.2, 0.25) is 5.95 Å². The minimum atomic E-state index is -4.72. The molecule has 0 aliphatic heterocycles. The number of anilines is 1. The SMILES string of the molecule is Nc1nccc(-c2cc(C(=O)c3ccc(C(F)(F)F)cc3F)ccc2O)n1. The summed E-state index contributed by atoms with van der Waals surface area (Å²) in [5.74, 6) is -2.41. The molecule has 3 N–H and O–H groups in total. The monoisotopic (exact) mass is 377 g/mol. The number of phenolic OH excluding ortho intramolecular Hbond substituents is 1. The van der Waals surface area contributed by atoms with Gasteiger partial charge in [0.05, 0.1) is 16.8 Å². The number of nitrogens with two attached hydrogens (primary N) is 1. The van der Waals surface area contributed by atoms with Crippen molar-refractivity contribution in [1.82, 2.24) is 9.97 Å². The number of benzene rings is 2. The maximum absolute atomic E-state index is 14.1. The Morgan fingerprint density at radius 3 is 2.44 bits per heavy atom. The first kappa shape index (κ1) is 18.3. The number of nitrogens with zero attached hydrogens (tertiary/aromatic N) is 2. The molecule has 2 aromatic carbocycles. The van der Waals surface area contributed by atoms with E-state index in [0.717, 1.165) is 6.07 Å². The van der Waals surface area contributed by atoms with Gasteiger partial charge in [0, 0.05) is 17.3 Å². The van der Waals surface area contributed by atoms with Gasteiger partial charge in [-0.05, 0) is 42.5 Å². The number of alkyl halides is 3. The van der Waals surface area contributed by atoms with Gasteiger partial charge in [-0.2, -0.15) is 13.2 Å². The molecule has 0 saturated carbocycles. The lowest BCUT2D eigenvalue weighted by molar-refractivity contribution is -0.137. The van der Waals surface area contributed by atoms with Crippen molar-refractivity contribution < 1.29 is 27.5 Å². The summed E-state index contributed by atoms with van der Waals surface area (Å²) in [5.41, 5.74) is 4.09. The van der Waals surface area contributed by atoms with E-state index >= 15 is 0 Å². The number of carbonyl (C=O) groups is 1. The fourth-order valence-corrected chi connectivity index (χ4v) is 2.44. The summed E-state index contributed by atoms with van der Waals surface area (Å²) in [5, 5.41) is 10.0. The number of hydrogen-bond acceptors (Lipinski definition) is 5. The number of rotatable bonds is 3. The Morgan fingerprint density at radius 1 is 1.07 bits per heavy atom. The minimum Gasteiger partial charge on any atom is -0.507 e. The highest BCUT2D eigenvalue weighted by atomic mass is 19.4. The van der Waals surface area contributed by atoms with E-state index in [4.69, 9.17) is 5.73 Å². The quantitative estimate of drug-likeness (QED) is 0.535. The van der Waals surface area contributed by atoms with E-state index in [-0.39, 0.29) is 34.6 Å². The molecule has 0 bridgehead atoms. The van der Waals surface area contributed by atoms with Crippen molar-refractivity contribution in [2.45, 2.75) is 6.18 Å². The largest absolute Gasteiger partial charge is 0.507 e. The summed E-state index contributed by atoms with van der Waals surface area (Å²) in [6.45, 7) is 0. The molecule has 1 heterocycles. The number of hydrogen-bond donors (Lipinski definition) is 2. The molecular weight excluding hydrogens is 366 g/mol. The molecule has 0 aliphatic rings. The predicted octanol–water partition coefficient (Wildman–Crippen LogP) is 3.82. The van der Waals surface area contributed by atoms with Crippen LogP contribution < -0.4 is 5.73 Å². The number of phenols is 1. The number of carbonyl (C=O) groups excluding carboxylic acids is 1. The molecule has 3 rings (SSSR count). The van der Waals surface area contributed by atoms with Crippen molar-refractivity contribution >= 4 is 11.7 Å². The van der Waals surface area contributed by atoms with Crippen LogP contribution in [0.3, 0.4) is 0 Å². The van der Waals surface area contributed by atoms with E-state index in [9.17, 15) is 27.5 Å². The van der Waals surface area contributed by atoms with Crippen LogP contribution in [-0.4, -0.2) is 20.9 Å². The number of aromatic nitrogens is 2. The van der Waals surface area contributed by atoms with Crippen LogP contribution in [0.4, 0.5) is 23.5 Å². The summed E-state index contributed by atoms with van der Waals surface area (Å²) < 4.78 is 52.0. The zero-order valence-electron chi connectivity index (χ0n) is 13.5. The third kappa shape index (κ3) is 3.71. The Bertz CT molecular complexity index is 1040. The van der Waals surface area contributed by atoms with E-state index in [1.165, 1.54) is 30.5 Å². The van der Waals surface area contributed by atoms with Crippen LogP contribution in [0.1, 0.15) is 21.5 Å². The van der Waals surface area contributed by atoms with Crippen LogP contribution in [0, 0.1) is 5.82 Å². The summed E-state index contributed by atoms with van der Waals surface area (Å²) in [6.07, 6.45) is -3.37. The lowest BCUT2D eigenvalue weighted by Crippen LogP contribution is -2.09. The molecule has 0 amide bonds. The zero-order valence-corrected chi connectivity index (χ0v) is 13.5. The van der Waals surface area contributed by atoms with Crippen molar-refractivity contribution in [2.24, 2.45) is 0 Å². The van der Waals surface area contributed by atoms with Crippen molar-refractivity contribution in [3.05, 3.63) is 71.2 Å². The Labute approximate surface area is 150 Å². The fourth-order valence-electron chi connectivity index (χ4n) is 2.44. The van der Waals surface area contributed by atoms with Gasteiger partial charge in [-0.25, -0.2) is 14.4 Å². The van der Waals surface area contributed by atoms with E-state index in [1.54, 1.807) is 0 Å². The van der Waals surface area contributed by atoms with E-state index in [2.05, 4.69) is 9.97 Å². The third-order valence-electron chi connectivity index (χ3n) is 3.75. The summed E-state index contributed by atoms with van der Waals surface area (Å²) in [7, 11) is 0. The third-order valence-corrected chi connectivity index (χ3v) is 3.75. The average molecular weight is 377 g/mol. The van der Waals surface area contributed by atoms with Crippen LogP contribution in [0.2, 0.25) is 0 Å². The van der Waals surface area contributed by atoms with Gasteiger partial charge in [0.15, 0.2) is 5.78 Å². The molecule has 0 radical (unpaired) electrons. The molecule has 9 heteroatoms. The maximum Gasteiger partial charge on any atom is 0.416 e. The maximum atomic E-state index is 14.1. The molecule has 138 valence electrons. The Balaban J connectivity index is 2.02. The van der Waals surface area contributed by atoms with Crippen LogP contribution in [0.5, 0.6) is 5.75 Å². The molecule has 5 nitrogen and oxygen atoms in total. The highest BCUT2D eigenvalue weighted by Gasteiger charge is 2.31. The first-order valence-corrected chi connectivity index (χ1v) is 7.50. The van der Waals surface area contributed by atoms with Crippen LogP contribution >= 0.6 is 0 Å². The molecule has 0 fully saturated rings. The molecule has 0 spiro atoms. The lowest BCUT2D eigenvalue weighted by atomic mass is 9.98. The van der Waals surface area contributed by atoms with E-state index in [1.807, 2.05) is 0 Å². The normalized spacial score (nSPS) is 11.4. The second-order valence-electron chi connectivity index (χ2n) is 5.55. The van der Waals surface area contributed by atoms with Gasteiger partial charge in [-0.15, -0.1) is 0 Å². The van der Waals surface area contributed by atoms with E-state index < -0.39 is 28.9 Å². The van der Waals surface area contributed by atoms with Gasteiger partial charge in [-0.3, -0.25) is 4.79 Å². The average Bonchev–Trinajstić information content (AvgIpc) is 2.60. The summed E-state index contributed by atoms with van der Waals surface area (Å²) >= 11 is 0. The Hall–Kier alpha value is -3.49. The molecule has 27 heavy (non-hydrogen) atoms. The number of ketones is 1. The molecule has 3 aromatic rings. The Morgan fingerprint density at radius 2 is 1.81 bits per heavy atom. The standard InChI is InChI=1S/C18H11F4N3O2/c19-13-8-10(18(20,21)22)2-3-11(13)16(27)9-1-4-15(26)12(7-9)14-5-6-24-17(23)25-14/h1-8,26H,(H2,23,24,25). The molecule has 0 aliphatic carbocycles. The van der Waals surface area contributed by atoms with Gasteiger partial charge in [0.1, 0.15) is 11.6 Å². The molecule has 1 aromatic heterocycles. The van der Waals surface area contributed by atoms with Crippen LogP contribution in [0.15, 0.2) is 48.7 Å². The zero-order chi connectivity index (χ0) is 19.8. The highest BCUT2D eigenvalue weighted by molar-refractivity contribution is 6.09. The topological polar surface area (TPSA) is 89.1 Å². The first-order chi connectivity index (χ1) is 12.7. The van der Waals surface area contributed by atoms with Gasteiger partial charge >= 0.3 is 6.18 Å². The minimum absolute atomic E-state index is 0.0429. The van der Waals surface area contributed by atoms with Crippen molar-refractivity contribution in [3.63, 3.8) is 0 Å². The molecule has 0 atom stereocenters. The highest BCUT2D eigenvalue weighted by Crippen LogP contribution is 2.32. The number of nitrogen functional groups attached to an aromatic ring is 1. The van der Waals surface area contributed by atoms with Crippen LogP contribution in [-0.2, 0) is 6.18 Å². The summed E-state index contributed by atoms with van der Waals surface area (Å²) in [4.78, 5) is 20.2. The number of aromatic hydroxyl groups is 1. The summed E-state index contributed by atoms with van der Waals surface area (Å²) in [6, 6.07) is 6.78. The lowest BCUT2D eigenvalue weighted by Gasteiger charge is -2.10. The molecule has 0 unspecified atom stereocenters. The van der Waals surface area contributed by atoms with Gasteiger partial charge in [-0.1, -0.05) is 0 Å². The van der Waals surface area contributed by atoms with E-state index in [0.29, 0.717) is 6.07 Å². The second-order valence-corrected chi connectivity index (χ2v) is 5.55. The molecule has 0 saturated heterocycles.